The van der Waals surface area contributed by atoms with Crippen LogP contribution in [0.2, 0.25) is 0 Å². The van der Waals surface area contributed by atoms with Crippen LogP contribution in [0.25, 0.3) is 33.5 Å². The van der Waals surface area contributed by atoms with Crippen LogP contribution in [-0.2, 0) is 0 Å². The number of hydrogen-bond acceptors (Lipinski definition) is 9. The van der Waals surface area contributed by atoms with Gasteiger partial charge in [-0.2, -0.15) is 0 Å². The molecule has 33 heavy (non-hydrogen) atoms. The zero-order valence-corrected chi connectivity index (χ0v) is 16.0. The summed E-state index contributed by atoms with van der Waals surface area (Å²) in [7, 11) is 0. The van der Waals surface area contributed by atoms with Crippen molar-refractivity contribution in [1.29, 1.82) is 0 Å². The Hall–Kier alpha value is -5.55. The molecule has 6 aromatic heterocycles. The van der Waals surface area contributed by atoms with Crippen LogP contribution in [0.1, 0.15) is 0 Å². The molecular weight excluding hydrogens is 444 g/mol. The van der Waals surface area contributed by atoms with Gasteiger partial charge in [-0.05, 0) is 0 Å². The summed E-state index contributed by atoms with van der Waals surface area (Å²) in [6.07, 6.45) is 4.11. The third-order valence-corrected chi connectivity index (χ3v) is 3.97. The van der Waals surface area contributed by atoms with Gasteiger partial charge in [-0.25, -0.2) is 29.3 Å². The molecule has 0 spiro atoms. The molecule has 6 aromatic rings. The predicted molar refractivity (Wildman–Crippen MR) is 112 cm³/mol. The molecule has 18 heteroatoms. The van der Waals surface area contributed by atoms with Crippen LogP contribution in [0.4, 0.5) is 0 Å². The lowest BCUT2D eigenvalue weighted by atomic mass is 10.5. The molecule has 6 rings (SSSR count). The average Bonchev–Trinajstić information content (AvgIpc) is 3.48. The number of nitrogens with zero attached hydrogens (tertiary/aromatic N) is 3. The molecule has 0 radical (unpaired) electrons. The Bertz CT molecular complexity index is 1920. The molecule has 0 aromatic carbocycles. The van der Waals surface area contributed by atoms with Crippen LogP contribution < -0.4 is 33.7 Å². The molecule has 168 valence electrons. The molecule has 0 aliphatic rings. The molecule has 0 amide bonds. The van der Waals surface area contributed by atoms with Gasteiger partial charge in [-0.1, -0.05) is 0 Å². The maximum absolute atomic E-state index is 10.9. The summed E-state index contributed by atoms with van der Waals surface area (Å²) in [6.45, 7) is 0. The van der Waals surface area contributed by atoms with Gasteiger partial charge in [0.25, 0.3) is 16.7 Å². The summed E-state index contributed by atoms with van der Waals surface area (Å²) in [5.74, 6) is 0. The summed E-state index contributed by atoms with van der Waals surface area (Å²) >= 11 is 0. The average molecular weight is 456 g/mol. The van der Waals surface area contributed by atoms with Gasteiger partial charge in [0, 0.05) is 0 Å². The minimum absolute atomic E-state index is 0.0413. The Morgan fingerprint density at radius 1 is 0.485 bits per heavy atom. The monoisotopic (exact) mass is 456 g/mol. The van der Waals surface area contributed by atoms with E-state index in [0.29, 0.717) is 11.2 Å². The fraction of sp³-hybridized carbons (Fsp3) is 0. The van der Waals surface area contributed by atoms with E-state index in [2.05, 4.69) is 54.8 Å². The molecule has 0 saturated carbocycles. The van der Waals surface area contributed by atoms with E-state index in [1.165, 1.54) is 19.0 Å². The largest absolute Gasteiger partial charge is 0.339 e. The lowest BCUT2D eigenvalue weighted by Crippen LogP contribution is -2.21. The van der Waals surface area contributed by atoms with Crippen molar-refractivity contribution in [2.75, 3.05) is 0 Å². The van der Waals surface area contributed by atoms with E-state index in [1.807, 2.05) is 4.98 Å². The smallest absolute Gasteiger partial charge is 0.327 e. The molecule has 0 fully saturated rings. The number of fused-ring (bicyclic) bond motifs is 3. The van der Waals surface area contributed by atoms with Crippen molar-refractivity contribution in [1.82, 2.24) is 59.8 Å². The second-order valence-electron chi connectivity index (χ2n) is 6.10. The number of hydrogen-bond donors (Lipinski definition) is 9. The maximum atomic E-state index is 10.9. The first-order valence-electron chi connectivity index (χ1n) is 8.79. The van der Waals surface area contributed by atoms with Gasteiger partial charge in [-0.3, -0.25) is 44.3 Å². The summed E-state index contributed by atoms with van der Waals surface area (Å²) in [4.78, 5) is 96.8. The highest BCUT2D eigenvalue weighted by Gasteiger charge is 2.02. The van der Waals surface area contributed by atoms with Gasteiger partial charge >= 0.3 is 17.1 Å². The second kappa shape index (κ2) is 8.29. The number of rotatable bonds is 0. The van der Waals surface area contributed by atoms with E-state index in [1.54, 1.807) is 0 Å². The van der Waals surface area contributed by atoms with Crippen LogP contribution in [0, 0.1) is 0 Å². The van der Waals surface area contributed by atoms with Crippen LogP contribution >= 0.6 is 0 Å². The van der Waals surface area contributed by atoms with E-state index in [4.69, 9.17) is 0 Å². The maximum Gasteiger partial charge on any atom is 0.327 e. The normalized spacial score (nSPS) is 10.5. The quantitative estimate of drug-likeness (QED) is 0.111. The Kier molecular flexibility index (Phi) is 5.21. The standard InChI is InChI=1S/C5H4N4O3.C5H4N4O2.C5H4N4O/c10-3-1-2(7-4(11)6-1)8-5(12)9-3;10-4-2-3(7-1-6-2)8-5(11)9-4;10-5-3-4(7-1-6-3)8-2-9-5/h(H4,6,7,8,9,10,11,12);1H,(H3,6,7,8,9,10,11);1-2H,(H2,6,7,8,9,10). The zero-order chi connectivity index (χ0) is 23.5. The molecule has 0 unspecified atom stereocenters. The Labute approximate surface area is 175 Å². The fourth-order valence-corrected chi connectivity index (χ4v) is 2.60. The van der Waals surface area contributed by atoms with Crippen molar-refractivity contribution >= 4 is 33.5 Å². The van der Waals surface area contributed by atoms with E-state index < -0.39 is 28.2 Å². The molecule has 0 bridgehead atoms. The topological polar surface area (TPSA) is 283 Å². The van der Waals surface area contributed by atoms with Crippen molar-refractivity contribution in [2.45, 2.75) is 0 Å². The Balaban J connectivity index is 0.000000118. The molecule has 18 nitrogen and oxygen atoms in total. The van der Waals surface area contributed by atoms with Crippen LogP contribution in [0.15, 0.2) is 47.7 Å². The number of aromatic amines is 9. The molecule has 9 N–H and O–H groups in total. The number of aromatic nitrogens is 12. The molecule has 0 aliphatic carbocycles. The molecule has 6 heterocycles. The lowest BCUT2D eigenvalue weighted by Gasteiger charge is -1.83. The molecule has 0 aliphatic heterocycles. The van der Waals surface area contributed by atoms with Crippen molar-refractivity contribution in [3.05, 3.63) is 81.5 Å². The van der Waals surface area contributed by atoms with Crippen molar-refractivity contribution in [2.24, 2.45) is 0 Å². The number of imidazole rings is 3. The van der Waals surface area contributed by atoms with Crippen LogP contribution in [-0.4, -0.2) is 59.8 Å². The Morgan fingerprint density at radius 2 is 1.03 bits per heavy atom. The SMILES string of the molecule is O=c1[nH]c(=O)c2[nH]c(=O)[nH]c2[nH]1.O=c1[nH]c(=O)c2[nH]cnc2[nH]1.O=c1[nH]cnc2nc[nH]c12. The van der Waals surface area contributed by atoms with E-state index in [-0.39, 0.29) is 27.9 Å². The molecular formula is C15H12N12O6. The van der Waals surface area contributed by atoms with Crippen LogP contribution in [0.5, 0.6) is 0 Å². The lowest BCUT2D eigenvalue weighted by molar-refractivity contribution is 1.07. The zero-order valence-electron chi connectivity index (χ0n) is 16.0. The fourth-order valence-electron chi connectivity index (χ4n) is 2.60. The second-order valence-corrected chi connectivity index (χ2v) is 6.10. The first kappa shape index (κ1) is 20.7. The van der Waals surface area contributed by atoms with Gasteiger partial charge < -0.3 is 15.0 Å². The summed E-state index contributed by atoms with van der Waals surface area (Å²) in [5.41, 5.74) is -1.42. The van der Waals surface area contributed by atoms with E-state index in [9.17, 15) is 28.8 Å². The first-order valence-corrected chi connectivity index (χ1v) is 8.79. The van der Waals surface area contributed by atoms with Gasteiger partial charge in [0.05, 0.1) is 19.0 Å². The van der Waals surface area contributed by atoms with Crippen molar-refractivity contribution in [3.8, 4) is 0 Å². The predicted octanol–water partition coefficient (Wildman–Crippen LogP) is -3.18. The number of nitrogens with one attached hydrogen (secondary N) is 9. The van der Waals surface area contributed by atoms with Crippen molar-refractivity contribution in [3.63, 3.8) is 0 Å². The summed E-state index contributed by atoms with van der Waals surface area (Å²) in [6, 6.07) is 0. The first-order chi connectivity index (χ1) is 15.8. The summed E-state index contributed by atoms with van der Waals surface area (Å²) < 4.78 is 0. The van der Waals surface area contributed by atoms with E-state index in [0.717, 1.165) is 0 Å². The molecule has 0 atom stereocenters. The van der Waals surface area contributed by atoms with Gasteiger partial charge in [0.1, 0.15) is 16.7 Å². The van der Waals surface area contributed by atoms with Crippen LogP contribution in [0.3, 0.4) is 0 Å². The highest BCUT2D eigenvalue weighted by Crippen LogP contribution is 1.94. The summed E-state index contributed by atoms with van der Waals surface area (Å²) in [5, 5.41) is 0. The van der Waals surface area contributed by atoms with E-state index >= 15 is 0 Å². The van der Waals surface area contributed by atoms with Gasteiger partial charge in [0.15, 0.2) is 16.8 Å². The molecule has 0 saturated heterocycles. The minimum Gasteiger partial charge on any atom is -0.339 e. The third kappa shape index (κ3) is 4.33. The Morgan fingerprint density at radius 3 is 1.73 bits per heavy atom. The van der Waals surface area contributed by atoms with Crippen molar-refractivity contribution < 1.29 is 0 Å². The third-order valence-electron chi connectivity index (χ3n) is 3.97. The highest BCUT2D eigenvalue weighted by molar-refractivity contribution is 5.68. The van der Waals surface area contributed by atoms with Gasteiger partial charge in [0.2, 0.25) is 0 Å². The minimum atomic E-state index is -0.650. The highest BCUT2D eigenvalue weighted by atomic mass is 16.2. The van der Waals surface area contributed by atoms with Gasteiger partial charge in [-0.15, -0.1) is 0 Å². The number of H-pyrrole nitrogens is 9.